The summed E-state index contributed by atoms with van der Waals surface area (Å²) in [5.74, 6) is 1.67. The molecule has 0 N–H and O–H groups in total. The van der Waals surface area contributed by atoms with Crippen LogP contribution in [0.2, 0.25) is 5.02 Å². The van der Waals surface area contributed by atoms with Crippen LogP contribution in [0.25, 0.3) is 11.3 Å². The lowest BCUT2D eigenvalue weighted by Crippen LogP contribution is -2.49. The number of hydrogen-bond acceptors (Lipinski definition) is 4. The Kier molecular flexibility index (Phi) is 5.26. The van der Waals surface area contributed by atoms with Gasteiger partial charge in [-0.15, -0.1) is 0 Å². The molecule has 0 radical (unpaired) electrons. The number of rotatable bonds is 3. The average Bonchev–Trinajstić information content (AvgIpc) is 2.73. The molecule has 3 aromatic rings. The number of hydrogen-bond donors (Lipinski definition) is 0. The lowest BCUT2D eigenvalue weighted by atomic mass is 10.1. The van der Waals surface area contributed by atoms with E-state index < -0.39 is 0 Å². The molecular weight excluding hydrogens is 372 g/mol. The zero-order valence-electron chi connectivity index (χ0n) is 15.7. The highest BCUT2D eigenvalue weighted by Gasteiger charge is 2.23. The number of aromatic nitrogens is 2. The minimum absolute atomic E-state index is 0.0194. The minimum atomic E-state index is 0.0194. The molecule has 5 nitrogen and oxygen atoms in total. The number of piperazine rings is 1. The number of halogens is 1. The van der Waals surface area contributed by atoms with E-state index in [0.717, 1.165) is 36.0 Å². The van der Waals surface area contributed by atoms with E-state index in [0.29, 0.717) is 23.7 Å². The summed E-state index contributed by atoms with van der Waals surface area (Å²) < 4.78 is 0. The van der Waals surface area contributed by atoms with Gasteiger partial charge in [0.05, 0.1) is 5.69 Å². The summed E-state index contributed by atoms with van der Waals surface area (Å²) in [5, 5.41) is 0.578. The molecule has 0 unspecified atom stereocenters. The lowest BCUT2D eigenvalue weighted by molar-refractivity contribution is 0.0746. The van der Waals surface area contributed by atoms with Gasteiger partial charge in [-0.2, -0.15) is 0 Å². The van der Waals surface area contributed by atoms with Crippen LogP contribution in [0.15, 0.2) is 60.7 Å². The molecule has 1 saturated heterocycles. The third kappa shape index (κ3) is 3.99. The van der Waals surface area contributed by atoms with Crippen molar-refractivity contribution in [3.8, 4) is 11.3 Å². The third-order valence-electron chi connectivity index (χ3n) is 4.86. The highest BCUT2D eigenvalue weighted by Crippen LogP contribution is 2.23. The van der Waals surface area contributed by atoms with Crippen molar-refractivity contribution in [3.63, 3.8) is 0 Å². The smallest absolute Gasteiger partial charge is 0.254 e. The second-order valence-electron chi connectivity index (χ2n) is 6.81. The van der Waals surface area contributed by atoms with Gasteiger partial charge in [0.25, 0.3) is 5.91 Å². The van der Waals surface area contributed by atoms with Gasteiger partial charge in [-0.1, -0.05) is 48.0 Å². The molecule has 1 aromatic heterocycles. The normalized spacial score (nSPS) is 14.2. The van der Waals surface area contributed by atoms with Crippen LogP contribution >= 0.6 is 11.6 Å². The van der Waals surface area contributed by atoms with E-state index in [1.807, 2.05) is 48.2 Å². The zero-order chi connectivity index (χ0) is 19.5. The molecule has 28 heavy (non-hydrogen) atoms. The van der Waals surface area contributed by atoms with Crippen LogP contribution in [0.3, 0.4) is 0 Å². The quantitative estimate of drug-likeness (QED) is 0.674. The molecule has 6 heteroatoms. The SMILES string of the molecule is Cc1nc(-c2ccccc2)cc(N2CCN(C(=O)c3cccc(Cl)c3)CC2)n1. The summed E-state index contributed by atoms with van der Waals surface area (Å²) >= 11 is 6.02. The highest BCUT2D eigenvalue weighted by atomic mass is 35.5. The van der Waals surface area contributed by atoms with E-state index in [9.17, 15) is 4.79 Å². The van der Waals surface area contributed by atoms with Gasteiger partial charge in [0.15, 0.2) is 0 Å². The number of nitrogens with zero attached hydrogens (tertiary/aromatic N) is 4. The van der Waals surface area contributed by atoms with Crippen molar-refractivity contribution in [2.45, 2.75) is 6.92 Å². The van der Waals surface area contributed by atoms with Gasteiger partial charge >= 0.3 is 0 Å². The fraction of sp³-hybridized carbons (Fsp3) is 0.227. The molecule has 2 aromatic carbocycles. The maximum Gasteiger partial charge on any atom is 0.254 e. The van der Waals surface area contributed by atoms with Crippen LogP contribution in [0.4, 0.5) is 5.82 Å². The third-order valence-corrected chi connectivity index (χ3v) is 5.09. The monoisotopic (exact) mass is 392 g/mol. The van der Waals surface area contributed by atoms with Gasteiger partial charge in [0.1, 0.15) is 11.6 Å². The number of carbonyl (C=O) groups is 1. The first-order valence-corrected chi connectivity index (χ1v) is 9.69. The molecule has 0 saturated carbocycles. The van der Waals surface area contributed by atoms with E-state index in [-0.39, 0.29) is 5.91 Å². The summed E-state index contributed by atoms with van der Waals surface area (Å²) in [6.07, 6.45) is 0. The van der Waals surface area contributed by atoms with Gasteiger partial charge in [0.2, 0.25) is 0 Å². The van der Waals surface area contributed by atoms with E-state index in [4.69, 9.17) is 11.6 Å². The van der Waals surface area contributed by atoms with Crippen molar-refractivity contribution in [3.05, 3.63) is 77.1 Å². The van der Waals surface area contributed by atoms with E-state index in [2.05, 4.69) is 14.9 Å². The Morgan fingerprint density at radius 2 is 1.68 bits per heavy atom. The number of aryl methyl sites for hydroxylation is 1. The second kappa shape index (κ2) is 7.98. The standard InChI is InChI=1S/C22H21ClN4O/c1-16-24-20(17-6-3-2-4-7-17)15-21(25-16)26-10-12-27(13-11-26)22(28)18-8-5-9-19(23)14-18/h2-9,14-15H,10-13H2,1H3. The average molecular weight is 393 g/mol. The van der Waals surface area contributed by atoms with Gasteiger partial charge < -0.3 is 9.80 Å². The lowest BCUT2D eigenvalue weighted by Gasteiger charge is -2.35. The first kappa shape index (κ1) is 18.4. The summed E-state index contributed by atoms with van der Waals surface area (Å²) in [7, 11) is 0. The Morgan fingerprint density at radius 3 is 2.39 bits per heavy atom. The molecule has 0 bridgehead atoms. The van der Waals surface area contributed by atoms with Crippen molar-refractivity contribution in [2.75, 3.05) is 31.1 Å². The van der Waals surface area contributed by atoms with E-state index in [1.165, 1.54) is 0 Å². The Hall–Kier alpha value is -2.92. The largest absolute Gasteiger partial charge is 0.353 e. The number of carbonyl (C=O) groups excluding carboxylic acids is 1. The number of anilines is 1. The zero-order valence-corrected chi connectivity index (χ0v) is 16.4. The molecule has 142 valence electrons. The predicted molar refractivity (Wildman–Crippen MR) is 112 cm³/mol. The number of amides is 1. The molecule has 0 atom stereocenters. The fourth-order valence-electron chi connectivity index (χ4n) is 3.41. The maximum absolute atomic E-state index is 12.7. The Balaban J connectivity index is 1.48. The fourth-order valence-corrected chi connectivity index (χ4v) is 3.60. The Labute approximate surface area is 169 Å². The van der Waals surface area contributed by atoms with Crippen LogP contribution in [-0.4, -0.2) is 47.0 Å². The summed E-state index contributed by atoms with van der Waals surface area (Å²) in [6, 6.07) is 19.2. The molecule has 1 amide bonds. The Morgan fingerprint density at radius 1 is 0.929 bits per heavy atom. The molecule has 0 aliphatic carbocycles. The molecule has 1 fully saturated rings. The summed E-state index contributed by atoms with van der Waals surface area (Å²) in [5.41, 5.74) is 2.62. The first-order valence-electron chi connectivity index (χ1n) is 9.31. The summed E-state index contributed by atoms with van der Waals surface area (Å²) in [6.45, 7) is 4.67. The molecule has 0 spiro atoms. The first-order chi connectivity index (χ1) is 13.6. The van der Waals surface area contributed by atoms with Gasteiger partial charge in [-0.3, -0.25) is 4.79 Å². The molecule has 4 rings (SSSR count). The van der Waals surface area contributed by atoms with Crippen molar-refractivity contribution >= 4 is 23.3 Å². The van der Waals surface area contributed by atoms with Gasteiger partial charge in [-0.25, -0.2) is 9.97 Å². The Bertz CT molecular complexity index is 985. The number of benzene rings is 2. The minimum Gasteiger partial charge on any atom is -0.353 e. The van der Waals surface area contributed by atoms with Gasteiger partial charge in [0, 0.05) is 48.4 Å². The van der Waals surface area contributed by atoms with Crippen LogP contribution in [0, 0.1) is 6.92 Å². The molecular formula is C22H21ClN4O. The van der Waals surface area contributed by atoms with Crippen molar-refractivity contribution < 1.29 is 4.79 Å². The topological polar surface area (TPSA) is 49.3 Å². The van der Waals surface area contributed by atoms with Crippen molar-refractivity contribution in [1.82, 2.24) is 14.9 Å². The summed E-state index contributed by atoms with van der Waals surface area (Å²) in [4.78, 5) is 26.0. The van der Waals surface area contributed by atoms with Crippen LogP contribution in [0.5, 0.6) is 0 Å². The second-order valence-corrected chi connectivity index (χ2v) is 7.25. The molecule has 1 aliphatic heterocycles. The maximum atomic E-state index is 12.7. The van der Waals surface area contributed by atoms with Crippen molar-refractivity contribution in [2.24, 2.45) is 0 Å². The highest BCUT2D eigenvalue weighted by molar-refractivity contribution is 6.30. The predicted octanol–water partition coefficient (Wildman–Crippen LogP) is 4.07. The molecule has 2 heterocycles. The van der Waals surface area contributed by atoms with Gasteiger partial charge in [-0.05, 0) is 25.1 Å². The van der Waals surface area contributed by atoms with E-state index >= 15 is 0 Å². The van der Waals surface area contributed by atoms with Crippen LogP contribution < -0.4 is 4.90 Å². The van der Waals surface area contributed by atoms with Crippen LogP contribution in [-0.2, 0) is 0 Å². The van der Waals surface area contributed by atoms with Crippen LogP contribution in [0.1, 0.15) is 16.2 Å². The molecule has 1 aliphatic rings. The van der Waals surface area contributed by atoms with E-state index in [1.54, 1.807) is 24.3 Å². The van der Waals surface area contributed by atoms with Crippen molar-refractivity contribution in [1.29, 1.82) is 0 Å².